The summed E-state index contributed by atoms with van der Waals surface area (Å²) in [6.07, 6.45) is 0.656. The molecule has 0 atom stereocenters. The molecule has 0 bridgehead atoms. The standard InChI is InChI=1S/C18H26N4O4S/c1-13-18(14(2)21-20-13)27(24,25)19-9-11-22(15(3)23)10-8-16-6-5-7-17(12-16)26-4/h5-7,12,19H,8-11H2,1-4H3,(H,20,21). The molecule has 148 valence electrons. The Kier molecular flexibility index (Phi) is 6.98. The van der Waals surface area contributed by atoms with Crippen LogP contribution < -0.4 is 9.46 Å². The van der Waals surface area contributed by atoms with E-state index in [1.54, 1.807) is 25.9 Å². The third-order valence-corrected chi connectivity index (χ3v) is 5.98. The van der Waals surface area contributed by atoms with Crippen molar-refractivity contribution in [1.82, 2.24) is 19.8 Å². The smallest absolute Gasteiger partial charge is 0.244 e. The summed E-state index contributed by atoms with van der Waals surface area (Å²) in [4.78, 5) is 13.7. The van der Waals surface area contributed by atoms with Crippen molar-refractivity contribution in [3.8, 4) is 5.75 Å². The van der Waals surface area contributed by atoms with Gasteiger partial charge in [0.25, 0.3) is 0 Å². The average molecular weight is 394 g/mol. The Morgan fingerprint density at radius 2 is 2.04 bits per heavy atom. The molecule has 0 fully saturated rings. The molecule has 1 aromatic heterocycles. The molecule has 1 amide bonds. The highest BCUT2D eigenvalue weighted by Crippen LogP contribution is 2.16. The Balaban J connectivity index is 1.93. The Morgan fingerprint density at radius 3 is 2.63 bits per heavy atom. The zero-order chi connectivity index (χ0) is 20.0. The summed E-state index contributed by atoms with van der Waals surface area (Å²) in [6.45, 7) is 5.68. The lowest BCUT2D eigenvalue weighted by Gasteiger charge is -2.21. The maximum Gasteiger partial charge on any atom is 0.244 e. The van der Waals surface area contributed by atoms with Gasteiger partial charge in [-0.15, -0.1) is 0 Å². The fourth-order valence-corrected chi connectivity index (χ4v) is 4.23. The molecule has 2 rings (SSSR count). The van der Waals surface area contributed by atoms with E-state index in [1.807, 2.05) is 24.3 Å². The average Bonchev–Trinajstić information content (AvgIpc) is 2.97. The van der Waals surface area contributed by atoms with E-state index in [9.17, 15) is 13.2 Å². The fourth-order valence-electron chi connectivity index (χ4n) is 2.84. The van der Waals surface area contributed by atoms with E-state index >= 15 is 0 Å². The molecule has 0 saturated carbocycles. The maximum atomic E-state index is 12.4. The lowest BCUT2D eigenvalue weighted by Crippen LogP contribution is -2.38. The number of ether oxygens (including phenoxy) is 1. The molecule has 0 radical (unpaired) electrons. The van der Waals surface area contributed by atoms with Gasteiger partial charge in [-0.3, -0.25) is 9.89 Å². The van der Waals surface area contributed by atoms with Crippen molar-refractivity contribution in [3.63, 3.8) is 0 Å². The van der Waals surface area contributed by atoms with Gasteiger partial charge >= 0.3 is 0 Å². The first-order chi connectivity index (χ1) is 12.7. The number of aromatic amines is 1. The van der Waals surface area contributed by atoms with Crippen LogP contribution in [0.2, 0.25) is 0 Å². The van der Waals surface area contributed by atoms with E-state index in [4.69, 9.17) is 4.74 Å². The number of methoxy groups -OCH3 is 1. The van der Waals surface area contributed by atoms with Crippen LogP contribution in [0.25, 0.3) is 0 Å². The number of hydrogen-bond donors (Lipinski definition) is 2. The molecule has 2 N–H and O–H groups in total. The van der Waals surface area contributed by atoms with Crippen LogP contribution in [0.5, 0.6) is 5.75 Å². The van der Waals surface area contributed by atoms with Crippen molar-refractivity contribution in [2.24, 2.45) is 0 Å². The summed E-state index contributed by atoms with van der Waals surface area (Å²) >= 11 is 0. The third kappa shape index (κ3) is 5.54. The van der Waals surface area contributed by atoms with Crippen LogP contribution >= 0.6 is 0 Å². The Morgan fingerprint density at radius 1 is 1.30 bits per heavy atom. The van der Waals surface area contributed by atoms with Crippen LogP contribution in [-0.4, -0.2) is 56.2 Å². The van der Waals surface area contributed by atoms with Crippen LogP contribution in [-0.2, 0) is 21.2 Å². The molecular formula is C18H26N4O4S. The second kappa shape index (κ2) is 9.01. The lowest BCUT2D eigenvalue weighted by molar-refractivity contribution is -0.128. The summed E-state index contributed by atoms with van der Waals surface area (Å²) in [5.74, 6) is 0.660. The summed E-state index contributed by atoms with van der Waals surface area (Å²) in [6, 6.07) is 7.65. The van der Waals surface area contributed by atoms with Gasteiger partial charge in [0.2, 0.25) is 15.9 Å². The van der Waals surface area contributed by atoms with Crippen molar-refractivity contribution in [3.05, 3.63) is 41.2 Å². The molecule has 0 saturated heterocycles. The van der Waals surface area contributed by atoms with Crippen LogP contribution in [0.1, 0.15) is 23.9 Å². The zero-order valence-corrected chi connectivity index (χ0v) is 16.9. The second-order valence-electron chi connectivity index (χ2n) is 6.27. The number of rotatable bonds is 9. The largest absolute Gasteiger partial charge is 0.497 e. The molecule has 1 aromatic carbocycles. The number of benzene rings is 1. The van der Waals surface area contributed by atoms with Crippen molar-refractivity contribution < 1.29 is 17.9 Å². The minimum Gasteiger partial charge on any atom is -0.497 e. The van der Waals surface area contributed by atoms with E-state index in [2.05, 4.69) is 14.9 Å². The van der Waals surface area contributed by atoms with E-state index in [-0.39, 0.29) is 23.9 Å². The van der Waals surface area contributed by atoms with Gasteiger partial charge in [-0.25, -0.2) is 13.1 Å². The highest BCUT2D eigenvalue weighted by Gasteiger charge is 2.22. The van der Waals surface area contributed by atoms with Gasteiger partial charge in [0.1, 0.15) is 10.6 Å². The maximum absolute atomic E-state index is 12.4. The number of H-pyrrole nitrogens is 1. The van der Waals surface area contributed by atoms with E-state index in [0.29, 0.717) is 24.4 Å². The van der Waals surface area contributed by atoms with Crippen molar-refractivity contribution in [2.75, 3.05) is 26.7 Å². The highest BCUT2D eigenvalue weighted by atomic mass is 32.2. The summed E-state index contributed by atoms with van der Waals surface area (Å²) in [5.41, 5.74) is 1.95. The molecule has 0 spiro atoms. The number of aryl methyl sites for hydroxylation is 2. The summed E-state index contributed by atoms with van der Waals surface area (Å²) < 4.78 is 32.6. The zero-order valence-electron chi connectivity index (χ0n) is 16.1. The molecule has 8 nitrogen and oxygen atoms in total. The van der Waals surface area contributed by atoms with Gasteiger partial charge in [0.15, 0.2) is 0 Å². The highest BCUT2D eigenvalue weighted by molar-refractivity contribution is 7.89. The minimum atomic E-state index is -3.67. The number of carbonyl (C=O) groups is 1. The molecule has 0 aliphatic carbocycles. The van der Waals surface area contributed by atoms with Crippen molar-refractivity contribution >= 4 is 15.9 Å². The quantitative estimate of drug-likeness (QED) is 0.669. The fraction of sp³-hybridized carbons (Fsp3) is 0.444. The first-order valence-electron chi connectivity index (χ1n) is 8.64. The number of nitrogens with zero attached hydrogens (tertiary/aromatic N) is 2. The first kappa shape index (κ1) is 20.9. The predicted octanol–water partition coefficient (Wildman–Crippen LogP) is 1.40. The number of sulfonamides is 1. The SMILES string of the molecule is COc1cccc(CCN(CCNS(=O)(=O)c2c(C)n[nH]c2C)C(C)=O)c1. The number of nitrogens with one attached hydrogen (secondary N) is 2. The van der Waals surface area contributed by atoms with Crippen molar-refractivity contribution in [1.29, 1.82) is 0 Å². The topological polar surface area (TPSA) is 104 Å². The molecule has 0 aliphatic heterocycles. The van der Waals surface area contributed by atoms with Gasteiger partial charge in [-0.1, -0.05) is 12.1 Å². The van der Waals surface area contributed by atoms with Gasteiger partial charge in [0.05, 0.1) is 18.5 Å². The third-order valence-electron chi connectivity index (χ3n) is 4.25. The predicted molar refractivity (Wildman–Crippen MR) is 102 cm³/mol. The van der Waals surface area contributed by atoms with Gasteiger partial charge in [0, 0.05) is 26.6 Å². The van der Waals surface area contributed by atoms with Gasteiger partial charge in [-0.2, -0.15) is 5.10 Å². The molecule has 0 unspecified atom stereocenters. The van der Waals surface area contributed by atoms with Crippen molar-refractivity contribution in [2.45, 2.75) is 32.1 Å². The Labute approximate surface area is 160 Å². The Bertz CT molecular complexity index is 873. The number of hydrogen-bond acceptors (Lipinski definition) is 5. The Hall–Kier alpha value is -2.39. The first-order valence-corrected chi connectivity index (χ1v) is 10.1. The monoisotopic (exact) mass is 394 g/mol. The van der Waals surface area contributed by atoms with Gasteiger partial charge < -0.3 is 9.64 Å². The molecule has 9 heteroatoms. The summed E-state index contributed by atoms with van der Waals surface area (Å²) in [7, 11) is -2.07. The van der Waals surface area contributed by atoms with Gasteiger partial charge in [-0.05, 0) is 38.0 Å². The molecule has 0 aliphatic rings. The van der Waals surface area contributed by atoms with Crippen LogP contribution in [0.3, 0.4) is 0 Å². The lowest BCUT2D eigenvalue weighted by atomic mass is 10.1. The summed E-state index contributed by atoms with van der Waals surface area (Å²) in [5, 5.41) is 6.58. The number of aromatic nitrogens is 2. The second-order valence-corrected chi connectivity index (χ2v) is 7.97. The normalized spacial score (nSPS) is 11.4. The van der Waals surface area contributed by atoms with Crippen LogP contribution in [0.4, 0.5) is 0 Å². The molecular weight excluding hydrogens is 368 g/mol. The minimum absolute atomic E-state index is 0.104. The molecule has 2 aromatic rings. The van der Waals surface area contributed by atoms with Crippen LogP contribution in [0, 0.1) is 13.8 Å². The molecule has 27 heavy (non-hydrogen) atoms. The number of amides is 1. The van der Waals surface area contributed by atoms with E-state index < -0.39 is 10.0 Å². The van der Waals surface area contributed by atoms with E-state index in [0.717, 1.165) is 11.3 Å². The van der Waals surface area contributed by atoms with E-state index in [1.165, 1.54) is 6.92 Å². The van der Waals surface area contributed by atoms with Crippen LogP contribution in [0.15, 0.2) is 29.2 Å². The number of carbonyl (C=O) groups excluding carboxylic acids is 1. The molecule has 1 heterocycles.